The molecule has 1 aromatic heterocycles. The van der Waals surface area contributed by atoms with Crippen molar-refractivity contribution < 1.29 is 9.47 Å². The molecule has 0 bridgehead atoms. The molecule has 1 aliphatic rings. The van der Waals surface area contributed by atoms with Crippen molar-refractivity contribution in [3.05, 3.63) is 45.6 Å². The zero-order valence-electron chi connectivity index (χ0n) is 12.7. The Morgan fingerprint density at radius 1 is 1.19 bits per heavy atom. The molecule has 1 N–H and O–H groups in total. The molecule has 3 rings (SSSR count). The number of rotatable bonds is 4. The summed E-state index contributed by atoms with van der Waals surface area (Å²) in [6.07, 6.45) is 2.08. The van der Waals surface area contributed by atoms with E-state index >= 15 is 0 Å². The maximum Gasteiger partial charge on any atom is 0.124 e. The maximum absolute atomic E-state index is 5.62. The van der Waals surface area contributed by atoms with Crippen LogP contribution in [0, 0.1) is 0 Å². The SMILES string of the molecule is CCC1Cc2c(OC)ccc(OC)c2C(c2cccs2)N1. The van der Waals surface area contributed by atoms with Gasteiger partial charge in [-0.25, -0.2) is 0 Å². The van der Waals surface area contributed by atoms with Gasteiger partial charge in [0.15, 0.2) is 0 Å². The Kier molecular flexibility index (Phi) is 4.17. The lowest BCUT2D eigenvalue weighted by molar-refractivity contribution is 0.362. The second kappa shape index (κ2) is 6.08. The fourth-order valence-corrected chi connectivity index (χ4v) is 3.88. The van der Waals surface area contributed by atoms with E-state index in [2.05, 4.69) is 29.8 Å². The first-order chi connectivity index (χ1) is 10.3. The van der Waals surface area contributed by atoms with Crippen LogP contribution in [-0.4, -0.2) is 20.3 Å². The summed E-state index contributed by atoms with van der Waals surface area (Å²) in [5, 5.41) is 5.89. The highest BCUT2D eigenvalue weighted by Crippen LogP contribution is 2.42. The Morgan fingerprint density at radius 3 is 2.57 bits per heavy atom. The van der Waals surface area contributed by atoms with E-state index in [1.807, 2.05) is 12.1 Å². The van der Waals surface area contributed by atoms with Crippen LogP contribution in [0.2, 0.25) is 0 Å². The predicted octanol–water partition coefficient (Wildman–Crippen LogP) is 3.78. The average molecular weight is 303 g/mol. The molecule has 0 fully saturated rings. The van der Waals surface area contributed by atoms with Gasteiger partial charge in [0.05, 0.1) is 20.3 Å². The van der Waals surface area contributed by atoms with Gasteiger partial charge in [0.1, 0.15) is 11.5 Å². The number of ether oxygens (including phenoxy) is 2. The highest BCUT2D eigenvalue weighted by molar-refractivity contribution is 7.10. The monoisotopic (exact) mass is 303 g/mol. The first-order valence-electron chi connectivity index (χ1n) is 7.31. The van der Waals surface area contributed by atoms with Crippen molar-refractivity contribution in [2.24, 2.45) is 0 Å². The molecule has 112 valence electrons. The van der Waals surface area contributed by atoms with Crippen molar-refractivity contribution in [3.63, 3.8) is 0 Å². The van der Waals surface area contributed by atoms with Crippen molar-refractivity contribution in [2.45, 2.75) is 31.8 Å². The lowest BCUT2D eigenvalue weighted by Gasteiger charge is -2.34. The van der Waals surface area contributed by atoms with Gasteiger partial charge in [0.25, 0.3) is 0 Å². The summed E-state index contributed by atoms with van der Waals surface area (Å²) in [5.41, 5.74) is 2.50. The van der Waals surface area contributed by atoms with Gasteiger partial charge in [-0.3, -0.25) is 0 Å². The molecule has 0 saturated heterocycles. The molecule has 0 radical (unpaired) electrons. The lowest BCUT2D eigenvalue weighted by Crippen LogP contribution is -2.39. The summed E-state index contributed by atoms with van der Waals surface area (Å²) in [5.74, 6) is 1.90. The summed E-state index contributed by atoms with van der Waals surface area (Å²) in [6, 6.07) is 8.95. The minimum atomic E-state index is 0.184. The standard InChI is InChI=1S/C17H21NO2S/c1-4-11-10-12-13(19-2)7-8-14(20-3)16(12)17(18-11)15-6-5-9-21-15/h5-9,11,17-18H,4,10H2,1-3H3. The van der Waals surface area contributed by atoms with Crippen LogP contribution in [0.4, 0.5) is 0 Å². The second-order valence-electron chi connectivity index (χ2n) is 5.29. The number of benzene rings is 1. The number of hydrogen-bond donors (Lipinski definition) is 1. The quantitative estimate of drug-likeness (QED) is 0.932. The average Bonchev–Trinajstić information content (AvgIpc) is 3.06. The highest BCUT2D eigenvalue weighted by Gasteiger charge is 2.32. The van der Waals surface area contributed by atoms with Crippen LogP contribution in [0.25, 0.3) is 0 Å². The van der Waals surface area contributed by atoms with E-state index in [1.54, 1.807) is 25.6 Å². The minimum absolute atomic E-state index is 0.184. The van der Waals surface area contributed by atoms with Crippen molar-refractivity contribution in [1.29, 1.82) is 0 Å². The molecule has 2 atom stereocenters. The van der Waals surface area contributed by atoms with Gasteiger partial charge in [-0.15, -0.1) is 11.3 Å². The predicted molar refractivity (Wildman–Crippen MR) is 86.6 cm³/mol. The molecule has 21 heavy (non-hydrogen) atoms. The van der Waals surface area contributed by atoms with Crippen LogP contribution in [0.3, 0.4) is 0 Å². The summed E-state index contributed by atoms with van der Waals surface area (Å²) in [6.45, 7) is 2.22. The van der Waals surface area contributed by atoms with Crippen LogP contribution in [0.1, 0.15) is 35.4 Å². The second-order valence-corrected chi connectivity index (χ2v) is 6.27. The van der Waals surface area contributed by atoms with Gasteiger partial charge in [-0.2, -0.15) is 0 Å². The Labute approximate surface area is 129 Å². The van der Waals surface area contributed by atoms with Crippen LogP contribution >= 0.6 is 11.3 Å². The molecule has 2 aromatic rings. The molecule has 3 nitrogen and oxygen atoms in total. The molecule has 1 aliphatic heterocycles. The number of nitrogens with one attached hydrogen (secondary N) is 1. The van der Waals surface area contributed by atoms with Crippen LogP contribution in [-0.2, 0) is 6.42 Å². The van der Waals surface area contributed by atoms with Crippen molar-refractivity contribution >= 4 is 11.3 Å². The Hall–Kier alpha value is -1.52. The molecular weight excluding hydrogens is 282 g/mol. The lowest BCUT2D eigenvalue weighted by atomic mass is 9.87. The fourth-order valence-electron chi connectivity index (χ4n) is 3.09. The fraction of sp³-hybridized carbons (Fsp3) is 0.412. The molecule has 0 saturated carbocycles. The first-order valence-corrected chi connectivity index (χ1v) is 8.19. The topological polar surface area (TPSA) is 30.5 Å². The smallest absolute Gasteiger partial charge is 0.124 e. The van der Waals surface area contributed by atoms with Gasteiger partial charge in [-0.1, -0.05) is 13.0 Å². The molecule has 0 spiro atoms. The Morgan fingerprint density at radius 2 is 1.95 bits per heavy atom. The van der Waals surface area contributed by atoms with E-state index in [0.29, 0.717) is 6.04 Å². The summed E-state index contributed by atoms with van der Waals surface area (Å²) < 4.78 is 11.2. The Balaban J connectivity index is 2.17. The first kappa shape index (κ1) is 14.4. The number of fused-ring (bicyclic) bond motifs is 1. The molecule has 2 unspecified atom stereocenters. The molecule has 2 heterocycles. The maximum atomic E-state index is 5.62. The zero-order chi connectivity index (χ0) is 14.8. The molecule has 0 aliphatic carbocycles. The van der Waals surface area contributed by atoms with Gasteiger partial charge in [-0.05, 0) is 36.4 Å². The highest BCUT2D eigenvalue weighted by atomic mass is 32.1. The van der Waals surface area contributed by atoms with Crippen molar-refractivity contribution in [1.82, 2.24) is 5.32 Å². The van der Waals surface area contributed by atoms with E-state index < -0.39 is 0 Å². The van der Waals surface area contributed by atoms with Gasteiger partial charge in [0, 0.05) is 22.0 Å². The number of thiophene rings is 1. The van der Waals surface area contributed by atoms with E-state index in [9.17, 15) is 0 Å². The largest absolute Gasteiger partial charge is 0.496 e. The Bertz CT molecular complexity index is 610. The molecule has 4 heteroatoms. The van der Waals surface area contributed by atoms with Crippen LogP contribution in [0.5, 0.6) is 11.5 Å². The summed E-state index contributed by atoms with van der Waals surface area (Å²) >= 11 is 1.78. The van der Waals surface area contributed by atoms with Crippen molar-refractivity contribution in [3.8, 4) is 11.5 Å². The third-order valence-electron chi connectivity index (χ3n) is 4.18. The van der Waals surface area contributed by atoms with Gasteiger partial charge < -0.3 is 14.8 Å². The van der Waals surface area contributed by atoms with Gasteiger partial charge >= 0.3 is 0 Å². The van der Waals surface area contributed by atoms with E-state index in [-0.39, 0.29) is 6.04 Å². The molecule has 0 amide bonds. The number of hydrogen-bond acceptors (Lipinski definition) is 4. The molecular formula is C17H21NO2S. The minimum Gasteiger partial charge on any atom is -0.496 e. The van der Waals surface area contributed by atoms with E-state index in [1.165, 1.54) is 16.0 Å². The summed E-state index contributed by atoms with van der Waals surface area (Å²) in [4.78, 5) is 1.32. The van der Waals surface area contributed by atoms with E-state index in [0.717, 1.165) is 24.3 Å². The van der Waals surface area contributed by atoms with Crippen molar-refractivity contribution in [2.75, 3.05) is 14.2 Å². The summed E-state index contributed by atoms with van der Waals surface area (Å²) in [7, 11) is 3.48. The van der Waals surface area contributed by atoms with Crippen LogP contribution in [0.15, 0.2) is 29.6 Å². The third kappa shape index (κ3) is 2.54. The van der Waals surface area contributed by atoms with Crippen LogP contribution < -0.4 is 14.8 Å². The normalized spacial score (nSPS) is 20.9. The van der Waals surface area contributed by atoms with E-state index in [4.69, 9.17) is 9.47 Å². The number of methoxy groups -OCH3 is 2. The zero-order valence-corrected chi connectivity index (χ0v) is 13.5. The van der Waals surface area contributed by atoms with Gasteiger partial charge in [0.2, 0.25) is 0 Å². The third-order valence-corrected chi connectivity index (χ3v) is 5.11. The molecule has 1 aromatic carbocycles.